The molecule has 0 saturated carbocycles. The molecule has 5 heteroatoms. The van der Waals surface area contributed by atoms with E-state index in [1.807, 2.05) is 6.07 Å². The van der Waals surface area contributed by atoms with E-state index in [0.717, 1.165) is 30.0 Å². The molecule has 0 radical (unpaired) electrons. The molecule has 0 aliphatic heterocycles. The fourth-order valence-electron chi connectivity index (χ4n) is 3.42. The lowest BCUT2D eigenvalue weighted by molar-refractivity contribution is 0.0952. The number of fused-ring (bicyclic) bond motifs is 1. The Morgan fingerprint density at radius 2 is 2.00 bits per heavy atom. The number of carbonyl (C=O) groups is 2. The van der Waals surface area contributed by atoms with Gasteiger partial charge in [-0.05, 0) is 24.0 Å². The van der Waals surface area contributed by atoms with E-state index in [1.54, 1.807) is 23.8 Å². The van der Waals surface area contributed by atoms with Gasteiger partial charge in [0, 0.05) is 23.9 Å². The number of ketones is 1. The molecule has 1 atom stereocenters. The number of nitrogens with zero attached hydrogens (tertiary/aromatic N) is 1. The van der Waals surface area contributed by atoms with Crippen LogP contribution in [0.2, 0.25) is 5.02 Å². The number of methoxy groups -OCH3 is 1. The summed E-state index contributed by atoms with van der Waals surface area (Å²) in [5.41, 5.74) is 1.60. The Labute approximate surface area is 160 Å². The first-order valence-electron chi connectivity index (χ1n) is 9.18. The lowest BCUT2D eigenvalue weighted by atomic mass is 9.92. The van der Waals surface area contributed by atoms with Gasteiger partial charge in [0.25, 0.3) is 0 Å². The molecule has 142 valence electrons. The van der Waals surface area contributed by atoms with Crippen molar-refractivity contribution in [3.8, 4) is 0 Å². The number of halogens is 1. The number of aldehydes is 1. The Morgan fingerprint density at radius 1 is 1.27 bits per heavy atom. The fraction of sp³-hybridized carbons (Fsp3) is 0.524. The third-order valence-electron chi connectivity index (χ3n) is 4.73. The molecule has 0 aliphatic rings. The van der Waals surface area contributed by atoms with Crippen molar-refractivity contribution in [2.45, 2.75) is 53.2 Å². The summed E-state index contributed by atoms with van der Waals surface area (Å²) in [7, 11) is 1.56. The van der Waals surface area contributed by atoms with E-state index in [0.29, 0.717) is 28.6 Å². The quantitative estimate of drug-likeness (QED) is 0.391. The maximum atomic E-state index is 13.0. The van der Waals surface area contributed by atoms with Crippen LogP contribution in [0.5, 0.6) is 0 Å². The maximum Gasteiger partial charge on any atom is 0.167 e. The van der Waals surface area contributed by atoms with E-state index >= 15 is 0 Å². The molecule has 1 unspecified atom stereocenters. The summed E-state index contributed by atoms with van der Waals surface area (Å²) in [5, 5.41) is 1.32. The summed E-state index contributed by atoms with van der Waals surface area (Å²) in [4.78, 5) is 24.8. The highest BCUT2D eigenvalue weighted by Gasteiger charge is 2.23. The first-order chi connectivity index (χ1) is 12.4. The van der Waals surface area contributed by atoms with E-state index in [-0.39, 0.29) is 18.4 Å². The number of aromatic nitrogens is 1. The Hall–Kier alpha value is -1.65. The first-order valence-corrected chi connectivity index (χ1v) is 9.55. The smallest absolute Gasteiger partial charge is 0.167 e. The van der Waals surface area contributed by atoms with Crippen molar-refractivity contribution in [3.63, 3.8) is 0 Å². The maximum absolute atomic E-state index is 13.0. The van der Waals surface area contributed by atoms with Gasteiger partial charge in [-0.3, -0.25) is 9.59 Å². The van der Waals surface area contributed by atoms with Crippen molar-refractivity contribution in [2.75, 3.05) is 7.11 Å². The molecular formula is C21H28ClNO3. The number of hydrogen-bond donors (Lipinski definition) is 0. The highest BCUT2D eigenvalue weighted by molar-refractivity contribution is 6.31. The van der Waals surface area contributed by atoms with Gasteiger partial charge in [-0.25, -0.2) is 0 Å². The molecule has 0 spiro atoms. The van der Waals surface area contributed by atoms with E-state index in [1.165, 1.54) is 6.42 Å². The van der Waals surface area contributed by atoms with Crippen molar-refractivity contribution in [3.05, 3.63) is 34.5 Å². The monoisotopic (exact) mass is 377 g/mol. The molecule has 0 fully saturated rings. The minimum Gasteiger partial charge on any atom is -0.364 e. The number of hydrogen-bond acceptors (Lipinski definition) is 3. The van der Waals surface area contributed by atoms with Gasteiger partial charge in [-0.2, -0.15) is 0 Å². The van der Waals surface area contributed by atoms with Gasteiger partial charge in [-0.1, -0.05) is 57.7 Å². The van der Waals surface area contributed by atoms with Crippen LogP contribution < -0.4 is 0 Å². The first kappa shape index (κ1) is 20.7. The molecule has 2 rings (SSSR count). The predicted molar refractivity (Wildman–Crippen MR) is 106 cm³/mol. The molecule has 1 heterocycles. The number of benzene rings is 1. The predicted octanol–water partition coefficient (Wildman–Crippen LogP) is 5.75. The van der Waals surface area contributed by atoms with Crippen LogP contribution in [0.15, 0.2) is 18.2 Å². The number of rotatable bonds is 10. The molecule has 0 amide bonds. The van der Waals surface area contributed by atoms with E-state index in [9.17, 15) is 9.59 Å². The van der Waals surface area contributed by atoms with Gasteiger partial charge in [0.05, 0.1) is 16.8 Å². The fourth-order valence-corrected chi connectivity index (χ4v) is 3.59. The summed E-state index contributed by atoms with van der Waals surface area (Å²) >= 11 is 6.11. The van der Waals surface area contributed by atoms with Gasteiger partial charge >= 0.3 is 0 Å². The Bertz CT molecular complexity index is 779. The zero-order valence-corrected chi connectivity index (χ0v) is 16.8. The lowest BCUT2D eigenvalue weighted by Gasteiger charge is -2.12. The van der Waals surface area contributed by atoms with Crippen LogP contribution in [-0.4, -0.2) is 23.7 Å². The zero-order chi connectivity index (χ0) is 19.3. The van der Waals surface area contributed by atoms with Gasteiger partial charge in [0.2, 0.25) is 0 Å². The minimum atomic E-state index is 0.00585. The van der Waals surface area contributed by atoms with Crippen molar-refractivity contribution in [1.29, 1.82) is 0 Å². The van der Waals surface area contributed by atoms with Crippen LogP contribution in [0.3, 0.4) is 0 Å². The molecule has 1 aromatic carbocycles. The summed E-state index contributed by atoms with van der Waals surface area (Å²) in [6, 6.07) is 5.33. The van der Waals surface area contributed by atoms with Crippen LogP contribution in [0, 0.1) is 11.8 Å². The molecule has 0 saturated heterocycles. The second kappa shape index (κ2) is 9.33. The number of Topliss-reactive ketones (excluding diaryl/α,β-unsaturated/α-hetero) is 1. The molecule has 1 aromatic heterocycles. The van der Waals surface area contributed by atoms with Crippen molar-refractivity contribution in [1.82, 2.24) is 4.57 Å². The molecule has 2 aromatic rings. The zero-order valence-electron chi connectivity index (χ0n) is 16.0. The van der Waals surface area contributed by atoms with Crippen LogP contribution in [-0.2, 0) is 11.5 Å². The normalized spacial score (nSPS) is 12.7. The Balaban J connectivity index is 2.32. The van der Waals surface area contributed by atoms with Gasteiger partial charge in [-0.15, -0.1) is 0 Å². The van der Waals surface area contributed by atoms with E-state index in [2.05, 4.69) is 20.8 Å². The summed E-state index contributed by atoms with van der Waals surface area (Å²) in [6.07, 6.45) is 4.48. The number of carbonyl (C=O) groups excluding carboxylic acids is 2. The molecule has 0 aliphatic carbocycles. The molecular weight excluding hydrogens is 350 g/mol. The number of ether oxygens (including phenoxy) is 1. The minimum absolute atomic E-state index is 0.00585. The summed E-state index contributed by atoms with van der Waals surface area (Å²) in [6.45, 7) is 6.72. The van der Waals surface area contributed by atoms with Gasteiger partial charge in [0.1, 0.15) is 6.73 Å². The largest absolute Gasteiger partial charge is 0.364 e. The average Bonchev–Trinajstić information content (AvgIpc) is 2.88. The van der Waals surface area contributed by atoms with E-state index in [4.69, 9.17) is 16.3 Å². The highest BCUT2D eigenvalue weighted by atomic mass is 35.5. The molecule has 0 N–H and O–H groups in total. The van der Waals surface area contributed by atoms with Crippen LogP contribution in [0.1, 0.15) is 67.3 Å². The van der Waals surface area contributed by atoms with Crippen LogP contribution >= 0.6 is 11.6 Å². The third-order valence-corrected chi connectivity index (χ3v) is 4.96. The van der Waals surface area contributed by atoms with Crippen LogP contribution in [0.4, 0.5) is 0 Å². The molecule has 0 bridgehead atoms. The van der Waals surface area contributed by atoms with Gasteiger partial charge < -0.3 is 9.30 Å². The second-order valence-corrected chi connectivity index (χ2v) is 7.88. The van der Waals surface area contributed by atoms with Crippen molar-refractivity contribution >= 4 is 34.6 Å². The topological polar surface area (TPSA) is 48.3 Å². The SMILES string of the molecule is COCn1c(C=O)c(C(=O)CC(C)CCCC(C)C)c2ccc(Cl)cc21. The standard InChI is InChI=1S/C21H28ClNO3/c1-14(2)6-5-7-15(3)10-20(25)21-17-9-8-16(22)11-18(17)23(13-26-4)19(21)12-24/h8-9,11-12,14-15H,5-7,10,13H2,1-4H3. The van der Waals surface area contributed by atoms with Crippen LogP contribution in [0.25, 0.3) is 10.9 Å². The Morgan fingerprint density at radius 3 is 2.62 bits per heavy atom. The average molecular weight is 378 g/mol. The second-order valence-electron chi connectivity index (χ2n) is 7.44. The lowest BCUT2D eigenvalue weighted by Crippen LogP contribution is -2.11. The Kier molecular flexibility index (Phi) is 7.42. The summed E-state index contributed by atoms with van der Waals surface area (Å²) in [5.74, 6) is 0.969. The molecule has 4 nitrogen and oxygen atoms in total. The van der Waals surface area contributed by atoms with Gasteiger partial charge in [0.15, 0.2) is 12.1 Å². The van der Waals surface area contributed by atoms with Crippen molar-refractivity contribution < 1.29 is 14.3 Å². The van der Waals surface area contributed by atoms with Crippen molar-refractivity contribution in [2.24, 2.45) is 11.8 Å². The highest BCUT2D eigenvalue weighted by Crippen LogP contribution is 2.30. The van der Waals surface area contributed by atoms with E-state index < -0.39 is 0 Å². The third kappa shape index (κ3) is 4.74. The summed E-state index contributed by atoms with van der Waals surface area (Å²) < 4.78 is 6.93. The molecule has 26 heavy (non-hydrogen) atoms.